The van der Waals surface area contributed by atoms with Crippen LogP contribution in [0.2, 0.25) is 0 Å². The molecule has 0 saturated carbocycles. The van der Waals surface area contributed by atoms with Gasteiger partial charge >= 0.3 is 0 Å². The van der Waals surface area contributed by atoms with Crippen molar-refractivity contribution in [3.63, 3.8) is 0 Å². The van der Waals surface area contributed by atoms with Gasteiger partial charge in [0, 0.05) is 17.6 Å². The van der Waals surface area contributed by atoms with Crippen LogP contribution in [0.1, 0.15) is 32.5 Å². The third-order valence-corrected chi connectivity index (χ3v) is 4.30. The van der Waals surface area contributed by atoms with E-state index in [2.05, 4.69) is 39.2 Å². The molecule has 0 amide bonds. The van der Waals surface area contributed by atoms with Gasteiger partial charge in [0.15, 0.2) is 0 Å². The second kappa shape index (κ2) is 7.26. The molecule has 3 heterocycles. The molecule has 0 aliphatic rings. The van der Waals surface area contributed by atoms with E-state index in [1.54, 1.807) is 4.68 Å². The highest BCUT2D eigenvalue weighted by Gasteiger charge is 2.15. The van der Waals surface area contributed by atoms with Crippen LogP contribution >= 0.6 is 0 Å². The third-order valence-electron chi connectivity index (χ3n) is 4.30. The molecule has 0 fully saturated rings. The summed E-state index contributed by atoms with van der Waals surface area (Å²) in [4.78, 5) is 8.74. The second-order valence-electron chi connectivity index (χ2n) is 6.70. The summed E-state index contributed by atoms with van der Waals surface area (Å²) >= 11 is 0. The van der Waals surface area contributed by atoms with Crippen molar-refractivity contribution in [2.24, 2.45) is 0 Å². The lowest BCUT2D eigenvalue weighted by Crippen LogP contribution is -2.05. The summed E-state index contributed by atoms with van der Waals surface area (Å²) in [7, 11) is 0. The van der Waals surface area contributed by atoms with Gasteiger partial charge in [-0.15, -0.1) is 5.10 Å². The molecule has 2 N–H and O–H groups in total. The van der Waals surface area contributed by atoms with Crippen molar-refractivity contribution in [1.82, 2.24) is 34.7 Å². The Morgan fingerprint density at radius 2 is 2.04 bits per heavy atom. The maximum Gasteiger partial charge on any atom is 0.221 e. The fourth-order valence-electron chi connectivity index (χ4n) is 3.01. The third kappa shape index (κ3) is 3.38. The standard InChI is InChI=1S/C19H22N8O/c1-4-28-16-7-5-6-14-17(21-19(20)22-18(14)16)15-11-26(25-23-15)10-13-8-9-27(24-13)12(2)3/h5-9,11-12H,4,10H2,1-3H3,(H2,20,21,22). The Hall–Kier alpha value is -3.49. The molecule has 1 aromatic carbocycles. The van der Waals surface area contributed by atoms with Gasteiger partial charge in [0.05, 0.1) is 25.0 Å². The van der Waals surface area contributed by atoms with E-state index in [1.165, 1.54) is 0 Å². The Balaban J connectivity index is 1.70. The lowest BCUT2D eigenvalue weighted by molar-refractivity contribution is 0.343. The van der Waals surface area contributed by atoms with Crippen molar-refractivity contribution in [3.05, 3.63) is 42.4 Å². The predicted octanol–water partition coefficient (Wildman–Crippen LogP) is 2.69. The van der Waals surface area contributed by atoms with Crippen LogP contribution in [-0.2, 0) is 6.54 Å². The molecule has 0 atom stereocenters. The van der Waals surface area contributed by atoms with Gasteiger partial charge < -0.3 is 10.5 Å². The summed E-state index contributed by atoms with van der Waals surface area (Å²) in [6, 6.07) is 7.99. The molecule has 0 unspecified atom stereocenters. The van der Waals surface area contributed by atoms with Crippen LogP contribution < -0.4 is 10.5 Å². The first-order valence-electron chi connectivity index (χ1n) is 9.18. The van der Waals surface area contributed by atoms with Crippen molar-refractivity contribution in [3.8, 4) is 17.1 Å². The van der Waals surface area contributed by atoms with Crippen molar-refractivity contribution < 1.29 is 4.74 Å². The zero-order valence-corrected chi connectivity index (χ0v) is 16.1. The zero-order valence-electron chi connectivity index (χ0n) is 16.1. The molecule has 0 spiro atoms. The lowest BCUT2D eigenvalue weighted by Gasteiger charge is -2.09. The Labute approximate surface area is 162 Å². The van der Waals surface area contributed by atoms with E-state index >= 15 is 0 Å². The van der Waals surface area contributed by atoms with E-state index < -0.39 is 0 Å². The molecule has 9 nitrogen and oxygen atoms in total. The molecule has 0 bridgehead atoms. The summed E-state index contributed by atoms with van der Waals surface area (Å²) in [5.41, 5.74) is 8.77. The van der Waals surface area contributed by atoms with Crippen molar-refractivity contribution >= 4 is 16.9 Å². The van der Waals surface area contributed by atoms with Gasteiger partial charge in [0.2, 0.25) is 5.95 Å². The van der Waals surface area contributed by atoms with Crippen LogP contribution in [0.25, 0.3) is 22.3 Å². The molecule has 3 aromatic heterocycles. The van der Waals surface area contributed by atoms with Crippen molar-refractivity contribution in [1.29, 1.82) is 0 Å². The van der Waals surface area contributed by atoms with E-state index in [-0.39, 0.29) is 5.95 Å². The van der Waals surface area contributed by atoms with E-state index in [1.807, 2.05) is 48.3 Å². The number of ether oxygens (including phenoxy) is 1. The first-order chi connectivity index (χ1) is 13.5. The number of rotatable bonds is 6. The van der Waals surface area contributed by atoms with Crippen LogP contribution in [0.3, 0.4) is 0 Å². The quantitative estimate of drug-likeness (QED) is 0.549. The topological polar surface area (TPSA) is 110 Å². The number of nitrogen functional groups attached to an aromatic ring is 1. The Bertz CT molecular complexity index is 1110. The lowest BCUT2D eigenvalue weighted by atomic mass is 10.1. The van der Waals surface area contributed by atoms with Crippen LogP contribution in [0.15, 0.2) is 36.7 Å². The van der Waals surface area contributed by atoms with Gasteiger partial charge in [0.1, 0.15) is 22.7 Å². The van der Waals surface area contributed by atoms with Gasteiger partial charge in [-0.05, 0) is 32.9 Å². The zero-order chi connectivity index (χ0) is 19.7. The highest BCUT2D eigenvalue weighted by Crippen LogP contribution is 2.30. The maximum absolute atomic E-state index is 5.94. The average Bonchev–Trinajstić information content (AvgIpc) is 3.32. The minimum absolute atomic E-state index is 0.167. The molecule has 0 aliphatic carbocycles. The summed E-state index contributed by atoms with van der Waals surface area (Å²) in [5, 5.41) is 13.9. The first kappa shape index (κ1) is 17.9. The van der Waals surface area contributed by atoms with Crippen LogP contribution in [0.4, 0.5) is 5.95 Å². The number of hydrogen-bond donors (Lipinski definition) is 1. The SMILES string of the molecule is CCOc1cccc2c(-c3cn(Cc4ccn(C(C)C)n4)nn3)nc(N)nc12. The fraction of sp³-hybridized carbons (Fsp3) is 0.316. The largest absolute Gasteiger partial charge is 0.492 e. The van der Waals surface area contributed by atoms with Gasteiger partial charge in [-0.1, -0.05) is 17.3 Å². The number of nitrogens with two attached hydrogens (primary N) is 1. The number of aromatic nitrogens is 7. The van der Waals surface area contributed by atoms with Gasteiger partial charge in [-0.3, -0.25) is 4.68 Å². The summed E-state index contributed by atoms with van der Waals surface area (Å²) in [6.07, 6.45) is 3.80. The van der Waals surface area contributed by atoms with Crippen LogP contribution in [0, 0.1) is 0 Å². The Kier molecular flexibility index (Phi) is 4.64. The molecule has 0 radical (unpaired) electrons. The first-order valence-corrected chi connectivity index (χ1v) is 9.18. The minimum Gasteiger partial charge on any atom is -0.492 e. The monoisotopic (exact) mass is 378 g/mol. The number of nitrogens with zero attached hydrogens (tertiary/aromatic N) is 7. The van der Waals surface area contributed by atoms with Crippen LogP contribution in [-0.4, -0.2) is 41.3 Å². The molecule has 28 heavy (non-hydrogen) atoms. The Morgan fingerprint density at radius 3 is 2.79 bits per heavy atom. The average molecular weight is 378 g/mol. The number of fused-ring (bicyclic) bond motifs is 1. The second-order valence-corrected chi connectivity index (χ2v) is 6.70. The molecule has 4 aromatic rings. The molecule has 4 rings (SSSR count). The van der Waals surface area contributed by atoms with Gasteiger partial charge in [-0.2, -0.15) is 5.10 Å². The number of para-hydroxylation sites is 1. The maximum atomic E-state index is 5.94. The number of benzene rings is 1. The van der Waals surface area contributed by atoms with Crippen LogP contribution in [0.5, 0.6) is 5.75 Å². The highest BCUT2D eigenvalue weighted by molar-refractivity contribution is 5.95. The van der Waals surface area contributed by atoms with Gasteiger partial charge in [-0.25, -0.2) is 14.6 Å². The van der Waals surface area contributed by atoms with E-state index in [0.29, 0.717) is 41.8 Å². The van der Waals surface area contributed by atoms with E-state index in [4.69, 9.17) is 10.5 Å². The molecule has 0 saturated heterocycles. The Morgan fingerprint density at radius 1 is 1.18 bits per heavy atom. The minimum atomic E-state index is 0.167. The molecule has 0 aliphatic heterocycles. The van der Waals surface area contributed by atoms with Crippen molar-refractivity contribution in [2.75, 3.05) is 12.3 Å². The molecule has 144 valence electrons. The summed E-state index contributed by atoms with van der Waals surface area (Å²) in [5.74, 6) is 0.835. The highest BCUT2D eigenvalue weighted by atomic mass is 16.5. The summed E-state index contributed by atoms with van der Waals surface area (Å²) in [6.45, 7) is 7.17. The van der Waals surface area contributed by atoms with E-state index in [9.17, 15) is 0 Å². The van der Waals surface area contributed by atoms with Gasteiger partial charge in [0.25, 0.3) is 0 Å². The smallest absolute Gasteiger partial charge is 0.221 e. The number of hydrogen-bond acceptors (Lipinski definition) is 7. The molecule has 9 heteroatoms. The molecular formula is C19H22N8O. The van der Waals surface area contributed by atoms with E-state index in [0.717, 1.165) is 11.1 Å². The molecular weight excluding hydrogens is 356 g/mol. The van der Waals surface area contributed by atoms with Crippen molar-refractivity contribution in [2.45, 2.75) is 33.4 Å². The predicted molar refractivity (Wildman–Crippen MR) is 106 cm³/mol. The summed E-state index contributed by atoms with van der Waals surface area (Å²) < 4.78 is 9.33. The fourth-order valence-corrected chi connectivity index (χ4v) is 3.01. The normalized spacial score (nSPS) is 11.4. The number of anilines is 1.